The van der Waals surface area contributed by atoms with Gasteiger partial charge in [0.2, 0.25) is 5.91 Å². The number of hydrogen-bond acceptors (Lipinski definition) is 3. The first-order chi connectivity index (χ1) is 11.0. The maximum atomic E-state index is 12.7. The summed E-state index contributed by atoms with van der Waals surface area (Å²) in [5.41, 5.74) is 7.37. The van der Waals surface area contributed by atoms with Crippen LogP contribution in [0.15, 0.2) is 24.3 Å². The minimum Gasteiger partial charge on any atom is -0.345 e. The maximum absolute atomic E-state index is 12.7. The Kier molecular flexibility index (Phi) is 4.95. The molecule has 1 heterocycles. The zero-order chi connectivity index (χ0) is 16.4. The van der Waals surface area contributed by atoms with E-state index < -0.39 is 0 Å². The summed E-state index contributed by atoms with van der Waals surface area (Å²) in [5.74, 6) is 0.724. The largest absolute Gasteiger partial charge is 0.345 e. The number of benzene rings is 1. The van der Waals surface area contributed by atoms with Gasteiger partial charge in [-0.05, 0) is 55.7 Å². The van der Waals surface area contributed by atoms with E-state index in [-0.39, 0.29) is 17.5 Å². The highest BCUT2D eigenvalue weighted by Gasteiger charge is 2.42. The molecule has 1 aliphatic carbocycles. The van der Waals surface area contributed by atoms with Crippen LogP contribution in [0.2, 0.25) is 5.02 Å². The Morgan fingerprint density at radius 1 is 1.30 bits per heavy atom. The molecule has 3 rings (SSSR count). The zero-order valence-electron chi connectivity index (χ0n) is 13.9. The minimum atomic E-state index is -0.209. The number of hydrogen-bond donors (Lipinski definition) is 3. The summed E-state index contributed by atoms with van der Waals surface area (Å²) in [5, 5.41) is 4.03. The van der Waals surface area contributed by atoms with Crippen LogP contribution in [0, 0.1) is 5.92 Å². The number of hydrazine groups is 1. The first kappa shape index (κ1) is 16.7. The van der Waals surface area contributed by atoms with Crippen LogP contribution in [0.3, 0.4) is 0 Å². The van der Waals surface area contributed by atoms with Crippen molar-refractivity contribution >= 4 is 17.5 Å². The van der Waals surface area contributed by atoms with Gasteiger partial charge in [-0.1, -0.05) is 37.6 Å². The predicted octanol–water partition coefficient (Wildman–Crippen LogP) is 3.12. The summed E-state index contributed by atoms with van der Waals surface area (Å²) in [6.07, 6.45) is 5.07. The molecule has 3 N–H and O–H groups in total. The SMILES string of the molecule is CC(C)CC1CC(C(=O)NC2(c3ccc(Cl)cc3)CCC2)NN1. The summed E-state index contributed by atoms with van der Waals surface area (Å²) >= 11 is 5.98. The quantitative estimate of drug-likeness (QED) is 0.775. The first-order valence-corrected chi connectivity index (χ1v) is 8.95. The lowest BCUT2D eigenvalue weighted by atomic mass is 9.71. The fourth-order valence-corrected chi connectivity index (χ4v) is 3.75. The van der Waals surface area contributed by atoms with Crippen LogP contribution in [-0.4, -0.2) is 18.0 Å². The van der Waals surface area contributed by atoms with Gasteiger partial charge in [0.15, 0.2) is 0 Å². The second-order valence-corrected chi connectivity index (χ2v) is 7.77. The van der Waals surface area contributed by atoms with Gasteiger partial charge >= 0.3 is 0 Å². The van der Waals surface area contributed by atoms with E-state index in [1.165, 1.54) is 0 Å². The van der Waals surface area contributed by atoms with Gasteiger partial charge in [0, 0.05) is 11.1 Å². The van der Waals surface area contributed by atoms with Crippen LogP contribution in [0.5, 0.6) is 0 Å². The monoisotopic (exact) mass is 335 g/mol. The van der Waals surface area contributed by atoms with Crippen LogP contribution < -0.4 is 16.2 Å². The van der Waals surface area contributed by atoms with Crippen molar-refractivity contribution in [3.8, 4) is 0 Å². The number of halogens is 1. The molecule has 0 radical (unpaired) electrons. The summed E-state index contributed by atoms with van der Waals surface area (Å²) in [6, 6.07) is 8.09. The van der Waals surface area contributed by atoms with Crippen molar-refractivity contribution in [3.05, 3.63) is 34.9 Å². The Morgan fingerprint density at radius 2 is 2.00 bits per heavy atom. The molecular weight excluding hydrogens is 310 g/mol. The summed E-state index contributed by atoms with van der Waals surface area (Å²) < 4.78 is 0. The van der Waals surface area contributed by atoms with E-state index in [0.717, 1.165) is 42.7 Å². The summed E-state index contributed by atoms with van der Waals surface area (Å²) in [6.45, 7) is 4.41. The molecule has 1 saturated heterocycles. The van der Waals surface area contributed by atoms with Gasteiger partial charge in [-0.15, -0.1) is 0 Å². The molecule has 0 spiro atoms. The van der Waals surface area contributed by atoms with E-state index in [1.807, 2.05) is 24.3 Å². The second-order valence-electron chi connectivity index (χ2n) is 7.34. The summed E-state index contributed by atoms with van der Waals surface area (Å²) in [7, 11) is 0. The predicted molar refractivity (Wildman–Crippen MR) is 93.0 cm³/mol. The van der Waals surface area contributed by atoms with Crippen LogP contribution in [0.25, 0.3) is 0 Å². The van der Waals surface area contributed by atoms with Crippen LogP contribution >= 0.6 is 11.6 Å². The Bertz CT molecular complexity index is 554. The highest BCUT2D eigenvalue weighted by Crippen LogP contribution is 2.41. The fourth-order valence-electron chi connectivity index (χ4n) is 3.63. The lowest BCUT2D eigenvalue weighted by molar-refractivity contribution is -0.126. The molecule has 0 aromatic heterocycles. The highest BCUT2D eigenvalue weighted by molar-refractivity contribution is 6.30. The molecule has 23 heavy (non-hydrogen) atoms. The van der Waals surface area contributed by atoms with Crippen molar-refractivity contribution in [2.75, 3.05) is 0 Å². The van der Waals surface area contributed by atoms with Gasteiger partial charge in [-0.3, -0.25) is 10.2 Å². The highest BCUT2D eigenvalue weighted by atomic mass is 35.5. The van der Waals surface area contributed by atoms with Crippen molar-refractivity contribution in [2.24, 2.45) is 5.92 Å². The van der Waals surface area contributed by atoms with E-state index >= 15 is 0 Å². The number of amides is 1. The molecule has 1 amide bonds. The molecule has 1 aromatic carbocycles. The van der Waals surface area contributed by atoms with E-state index in [0.29, 0.717) is 12.0 Å². The van der Waals surface area contributed by atoms with Crippen molar-refractivity contribution in [3.63, 3.8) is 0 Å². The van der Waals surface area contributed by atoms with Gasteiger partial charge in [0.05, 0.1) is 5.54 Å². The van der Waals surface area contributed by atoms with Gasteiger partial charge < -0.3 is 5.32 Å². The molecule has 1 aliphatic heterocycles. The van der Waals surface area contributed by atoms with Gasteiger partial charge in [0.25, 0.3) is 0 Å². The van der Waals surface area contributed by atoms with Gasteiger partial charge in [-0.25, -0.2) is 5.43 Å². The lowest BCUT2D eigenvalue weighted by Gasteiger charge is -2.43. The molecule has 0 bridgehead atoms. The van der Waals surface area contributed by atoms with Gasteiger partial charge in [0.1, 0.15) is 6.04 Å². The van der Waals surface area contributed by atoms with Crippen molar-refractivity contribution in [2.45, 2.75) is 63.6 Å². The van der Waals surface area contributed by atoms with Crippen molar-refractivity contribution in [1.82, 2.24) is 16.2 Å². The number of carbonyl (C=O) groups is 1. The zero-order valence-corrected chi connectivity index (χ0v) is 14.6. The number of carbonyl (C=O) groups excluding carboxylic acids is 1. The van der Waals surface area contributed by atoms with Gasteiger partial charge in [-0.2, -0.15) is 0 Å². The molecule has 5 heteroatoms. The van der Waals surface area contributed by atoms with E-state index in [1.54, 1.807) is 0 Å². The average molecular weight is 336 g/mol. The standard InChI is InChI=1S/C18H26ClN3O/c1-12(2)10-15-11-16(22-21-15)17(23)20-18(8-3-9-18)13-4-6-14(19)7-5-13/h4-7,12,15-16,21-22H,3,8-11H2,1-2H3,(H,20,23). The third-order valence-corrected chi connectivity index (χ3v) is 5.27. The smallest absolute Gasteiger partial charge is 0.239 e. The maximum Gasteiger partial charge on any atom is 0.239 e. The molecule has 2 aliphatic rings. The van der Waals surface area contributed by atoms with Crippen LogP contribution in [0.4, 0.5) is 0 Å². The van der Waals surface area contributed by atoms with E-state index in [2.05, 4.69) is 30.0 Å². The normalized spacial score (nSPS) is 26.1. The number of rotatable bonds is 5. The Morgan fingerprint density at radius 3 is 2.57 bits per heavy atom. The third kappa shape index (κ3) is 3.70. The molecule has 126 valence electrons. The topological polar surface area (TPSA) is 53.2 Å². The lowest BCUT2D eigenvalue weighted by Crippen LogP contribution is -2.55. The number of nitrogens with one attached hydrogen (secondary N) is 3. The molecular formula is C18H26ClN3O. The van der Waals surface area contributed by atoms with E-state index in [9.17, 15) is 4.79 Å². The molecule has 1 saturated carbocycles. The van der Waals surface area contributed by atoms with E-state index in [4.69, 9.17) is 11.6 Å². The Labute approximate surface area is 143 Å². The minimum absolute atomic E-state index is 0.0957. The first-order valence-electron chi connectivity index (χ1n) is 8.58. The van der Waals surface area contributed by atoms with Crippen molar-refractivity contribution in [1.29, 1.82) is 0 Å². The molecule has 2 unspecified atom stereocenters. The molecule has 4 nitrogen and oxygen atoms in total. The average Bonchev–Trinajstić information content (AvgIpc) is 2.91. The van der Waals surface area contributed by atoms with Crippen molar-refractivity contribution < 1.29 is 4.79 Å². The van der Waals surface area contributed by atoms with Crippen LogP contribution in [-0.2, 0) is 10.3 Å². The Hall–Kier alpha value is -1.10. The van der Waals surface area contributed by atoms with Crippen LogP contribution in [0.1, 0.15) is 51.5 Å². The Balaban J connectivity index is 1.63. The molecule has 2 fully saturated rings. The summed E-state index contributed by atoms with van der Waals surface area (Å²) in [4.78, 5) is 12.7. The molecule has 2 atom stereocenters. The second kappa shape index (κ2) is 6.80. The molecule has 1 aromatic rings. The fraction of sp³-hybridized carbons (Fsp3) is 0.611. The third-order valence-electron chi connectivity index (χ3n) is 5.02.